The molecule has 6 nitrogen and oxygen atoms in total. The van der Waals surface area contributed by atoms with Gasteiger partial charge in [-0.2, -0.15) is 26.3 Å². The average molecular weight is 373 g/mol. The van der Waals surface area contributed by atoms with E-state index in [-0.39, 0.29) is 28.4 Å². The van der Waals surface area contributed by atoms with E-state index in [9.17, 15) is 30.4 Å². The molecule has 0 amide bonds. The van der Waals surface area contributed by atoms with Crippen LogP contribution in [0.2, 0.25) is 0 Å². The SMILES string of the molecule is C[N+](C)(CCO)CCCN(CCO)S(=O)(=O)C(F)(F)C(F)(F)F. The number of hydrogen-bond acceptors (Lipinski definition) is 4. The molecule has 0 unspecified atom stereocenters. The Morgan fingerprint density at radius 2 is 1.48 bits per heavy atom. The molecule has 0 fully saturated rings. The van der Waals surface area contributed by atoms with Crippen molar-refractivity contribution < 1.29 is 45.1 Å². The molecule has 0 saturated carbocycles. The largest absolute Gasteiger partial charge is 0.470 e. The number of quaternary nitrogens is 1. The number of hydrogen-bond donors (Lipinski definition) is 2. The molecule has 0 aliphatic carbocycles. The molecule has 0 spiro atoms. The van der Waals surface area contributed by atoms with Crippen LogP contribution in [0.15, 0.2) is 0 Å². The third-order valence-corrected chi connectivity index (χ3v) is 5.14. The van der Waals surface area contributed by atoms with Crippen molar-refractivity contribution in [1.82, 2.24) is 4.31 Å². The lowest BCUT2D eigenvalue weighted by molar-refractivity contribution is -0.890. The summed E-state index contributed by atoms with van der Waals surface area (Å²) < 4.78 is 86.6. The molecule has 0 aromatic rings. The lowest BCUT2D eigenvalue weighted by atomic mass is 10.3. The standard InChI is InChI=1S/C11H22F5N2O4S/c1-18(2,7-9-20)6-3-4-17(5-8-19)23(21,22)11(15,16)10(12,13)14/h19-20H,3-9H2,1-2H3/q+1. The van der Waals surface area contributed by atoms with E-state index in [0.29, 0.717) is 6.54 Å². The summed E-state index contributed by atoms with van der Waals surface area (Å²) in [4.78, 5) is 0. The first-order valence-corrected chi connectivity index (χ1v) is 8.15. The molecule has 0 aromatic heterocycles. The fourth-order valence-corrected chi connectivity index (χ4v) is 3.14. The summed E-state index contributed by atoms with van der Waals surface area (Å²) in [5, 5.41) is 11.7. The van der Waals surface area contributed by atoms with E-state index in [4.69, 9.17) is 10.2 Å². The average Bonchev–Trinajstić information content (AvgIpc) is 2.35. The maximum absolute atomic E-state index is 13.2. The summed E-state index contributed by atoms with van der Waals surface area (Å²) in [6.45, 7) is -1.94. The van der Waals surface area contributed by atoms with E-state index in [2.05, 4.69) is 0 Å². The van der Waals surface area contributed by atoms with Gasteiger partial charge in [0.25, 0.3) is 10.0 Å². The van der Waals surface area contributed by atoms with Crippen molar-refractivity contribution in [2.24, 2.45) is 0 Å². The highest BCUT2D eigenvalue weighted by Gasteiger charge is 2.68. The quantitative estimate of drug-likeness (QED) is 0.424. The number of nitrogens with zero attached hydrogens (tertiary/aromatic N) is 2. The molecular weight excluding hydrogens is 351 g/mol. The molecule has 0 heterocycles. The van der Waals surface area contributed by atoms with E-state index in [1.54, 1.807) is 14.1 Å². The minimum absolute atomic E-state index is 0.0137. The molecule has 0 bridgehead atoms. The molecule has 23 heavy (non-hydrogen) atoms. The number of sulfonamides is 1. The first kappa shape index (κ1) is 22.4. The van der Waals surface area contributed by atoms with Crippen LogP contribution in [0.3, 0.4) is 0 Å². The van der Waals surface area contributed by atoms with Crippen molar-refractivity contribution in [2.45, 2.75) is 17.9 Å². The van der Waals surface area contributed by atoms with Crippen LogP contribution in [0, 0.1) is 0 Å². The predicted molar refractivity (Wildman–Crippen MR) is 72.1 cm³/mol. The van der Waals surface area contributed by atoms with E-state index >= 15 is 0 Å². The van der Waals surface area contributed by atoms with Crippen molar-refractivity contribution in [1.29, 1.82) is 0 Å². The number of alkyl halides is 5. The zero-order valence-electron chi connectivity index (χ0n) is 12.9. The molecule has 0 radical (unpaired) electrons. The molecule has 140 valence electrons. The van der Waals surface area contributed by atoms with E-state index in [0.717, 1.165) is 0 Å². The summed E-state index contributed by atoms with van der Waals surface area (Å²) >= 11 is 0. The molecule has 0 rings (SSSR count). The zero-order chi connectivity index (χ0) is 18.5. The lowest BCUT2D eigenvalue weighted by Gasteiger charge is -2.31. The predicted octanol–water partition coefficient (Wildman–Crippen LogP) is 0.224. The fraction of sp³-hybridized carbons (Fsp3) is 1.00. The van der Waals surface area contributed by atoms with Crippen molar-refractivity contribution >= 4 is 10.0 Å². The maximum Gasteiger partial charge on any atom is 0.470 e. The summed E-state index contributed by atoms with van der Waals surface area (Å²) in [6, 6.07) is 0. The third-order valence-electron chi connectivity index (χ3n) is 3.22. The van der Waals surface area contributed by atoms with Crippen LogP contribution in [0.5, 0.6) is 0 Å². The molecule has 0 aromatic carbocycles. The van der Waals surface area contributed by atoms with Gasteiger partial charge in [0.2, 0.25) is 0 Å². The van der Waals surface area contributed by atoms with Gasteiger partial charge in [0, 0.05) is 19.5 Å². The lowest BCUT2D eigenvalue weighted by Crippen LogP contribution is -2.53. The van der Waals surface area contributed by atoms with E-state index < -0.39 is 41.2 Å². The van der Waals surface area contributed by atoms with Crippen molar-refractivity contribution in [3.8, 4) is 0 Å². The smallest absolute Gasteiger partial charge is 0.395 e. The summed E-state index contributed by atoms with van der Waals surface area (Å²) in [7, 11) is -2.62. The second-order valence-electron chi connectivity index (χ2n) is 5.60. The molecular formula is C11H22F5N2O4S+. The minimum Gasteiger partial charge on any atom is -0.395 e. The number of likely N-dealkylation sites (N-methyl/N-ethyl adjacent to an activating group) is 1. The number of aliphatic hydroxyl groups excluding tert-OH is 2. The summed E-state index contributed by atoms with van der Waals surface area (Å²) in [5.74, 6) is 0. The number of rotatable bonds is 10. The van der Waals surface area contributed by atoms with Crippen LogP contribution < -0.4 is 0 Å². The summed E-state index contributed by atoms with van der Waals surface area (Å²) in [6.07, 6.45) is -6.26. The van der Waals surface area contributed by atoms with Gasteiger partial charge >= 0.3 is 11.4 Å². The van der Waals surface area contributed by atoms with Crippen molar-refractivity contribution in [3.63, 3.8) is 0 Å². The second kappa shape index (κ2) is 8.01. The highest BCUT2D eigenvalue weighted by molar-refractivity contribution is 7.90. The van der Waals surface area contributed by atoms with Gasteiger partial charge < -0.3 is 14.7 Å². The van der Waals surface area contributed by atoms with Gasteiger partial charge in [0.15, 0.2) is 0 Å². The van der Waals surface area contributed by atoms with Crippen LogP contribution in [-0.2, 0) is 10.0 Å². The van der Waals surface area contributed by atoms with Gasteiger partial charge in [-0.05, 0) is 0 Å². The molecule has 0 saturated heterocycles. The topological polar surface area (TPSA) is 77.8 Å². The highest BCUT2D eigenvalue weighted by Crippen LogP contribution is 2.41. The molecule has 12 heteroatoms. The van der Waals surface area contributed by atoms with Crippen LogP contribution in [0.1, 0.15) is 6.42 Å². The monoisotopic (exact) mass is 373 g/mol. The Hall–Kier alpha value is -0.560. The van der Waals surface area contributed by atoms with Gasteiger partial charge in [-0.25, -0.2) is 8.42 Å². The van der Waals surface area contributed by atoms with Gasteiger partial charge in [-0.3, -0.25) is 0 Å². The third kappa shape index (κ3) is 5.78. The molecule has 0 aliphatic heterocycles. The molecule has 0 atom stereocenters. The number of aliphatic hydroxyl groups is 2. The minimum atomic E-state index is -6.24. The molecule has 2 N–H and O–H groups in total. The van der Waals surface area contributed by atoms with Crippen LogP contribution in [0.4, 0.5) is 22.0 Å². The van der Waals surface area contributed by atoms with Gasteiger partial charge in [0.1, 0.15) is 6.54 Å². The number of halogens is 5. The van der Waals surface area contributed by atoms with E-state index in [1.807, 2.05) is 0 Å². The Bertz CT molecular complexity index is 468. The van der Waals surface area contributed by atoms with Crippen molar-refractivity contribution in [3.05, 3.63) is 0 Å². The first-order valence-electron chi connectivity index (χ1n) is 6.71. The maximum atomic E-state index is 13.2. The Morgan fingerprint density at radius 1 is 0.957 bits per heavy atom. The second-order valence-corrected chi connectivity index (χ2v) is 7.58. The fourth-order valence-electron chi connectivity index (χ4n) is 1.83. The van der Waals surface area contributed by atoms with Gasteiger partial charge in [-0.15, -0.1) is 0 Å². The zero-order valence-corrected chi connectivity index (χ0v) is 13.7. The normalized spacial score (nSPS) is 14.5. The van der Waals surface area contributed by atoms with Crippen LogP contribution in [-0.4, -0.2) is 92.3 Å². The van der Waals surface area contributed by atoms with Gasteiger partial charge in [-0.1, -0.05) is 0 Å². The van der Waals surface area contributed by atoms with Gasteiger partial charge in [0.05, 0.1) is 33.9 Å². The Morgan fingerprint density at radius 3 is 1.87 bits per heavy atom. The Labute approximate surface area is 131 Å². The van der Waals surface area contributed by atoms with Crippen molar-refractivity contribution in [2.75, 3.05) is 53.5 Å². The Kier molecular flexibility index (Phi) is 7.82. The highest BCUT2D eigenvalue weighted by atomic mass is 32.2. The van der Waals surface area contributed by atoms with E-state index in [1.165, 1.54) is 0 Å². The summed E-state index contributed by atoms with van der Waals surface area (Å²) in [5.41, 5.74) is 0. The Balaban J connectivity index is 5.12. The molecule has 0 aliphatic rings. The van der Waals surface area contributed by atoms with Crippen LogP contribution in [0.25, 0.3) is 0 Å². The first-order chi connectivity index (χ1) is 10.2. The van der Waals surface area contributed by atoms with Crippen LogP contribution >= 0.6 is 0 Å².